The molecule has 3 aromatic carbocycles. The van der Waals surface area contributed by atoms with Crippen molar-refractivity contribution in [2.75, 3.05) is 6.54 Å². The van der Waals surface area contributed by atoms with Crippen molar-refractivity contribution < 1.29 is 60.1 Å². The van der Waals surface area contributed by atoms with Crippen molar-refractivity contribution in [2.45, 2.75) is 19.1 Å². The van der Waals surface area contributed by atoms with Crippen LogP contribution < -0.4 is 14.8 Å². The van der Waals surface area contributed by atoms with Gasteiger partial charge in [-0.05, 0) is 60.2 Å². The van der Waals surface area contributed by atoms with Crippen LogP contribution in [0.3, 0.4) is 0 Å². The van der Waals surface area contributed by atoms with E-state index in [1.165, 1.54) is 24.3 Å². The van der Waals surface area contributed by atoms with E-state index in [2.05, 4.69) is 14.8 Å². The first-order valence-electron chi connectivity index (χ1n) is 11.7. The Kier molecular flexibility index (Phi) is 9.73. The predicted molar refractivity (Wildman–Crippen MR) is 134 cm³/mol. The van der Waals surface area contributed by atoms with Crippen LogP contribution in [0.2, 0.25) is 0 Å². The second-order valence-corrected chi connectivity index (χ2v) is 8.37. The summed E-state index contributed by atoms with van der Waals surface area (Å²) < 4.78 is 82.6. The number of aliphatic carboxylic acids is 1. The van der Waals surface area contributed by atoms with E-state index < -0.39 is 47.7 Å². The second kappa shape index (κ2) is 13.0. The van der Waals surface area contributed by atoms with E-state index in [0.29, 0.717) is 0 Å². The summed E-state index contributed by atoms with van der Waals surface area (Å²) in [5.41, 5.74) is -0.336. The summed E-state index contributed by atoms with van der Waals surface area (Å²) >= 11 is 0. The van der Waals surface area contributed by atoms with Crippen molar-refractivity contribution in [3.05, 3.63) is 101 Å². The lowest BCUT2D eigenvalue weighted by Crippen LogP contribution is -2.26. The lowest BCUT2D eigenvalue weighted by Gasteiger charge is -2.12. The number of carboxylic acids is 1. The van der Waals surface area contributed by atoms with Gasteiger partial charge in [0.2, 0.25) is 0 Å². The number of hydrogen-bond acceptors (Lipinski definition) is 6. The fourth-order valence-electron chi connectivity index (χ4n) is 3.46. The smallest absolute Gasteiger partial charge is 0.481 e. The highest BCUT2D eigenvalue weighted by atomic mass is 19.4. The third-order valence-electron chi connectivity index (χ3n) is 5.33. The van der Waals surface area contributed by atoms with Crippen molar-refractivity contribution >= 4 is 29.0 Å². The van der Waals surface area contributed by atoms with Gasteiger partial charge >= 0.3 is 18.7 Å². The van der Waals surface area contributed by atoms with E-state index >= 15 is 0 Å². The van der Waals surface area contributed by atoms with E-state index in [0.717, 1.165) is 54.6 Å². The van der Waals surface area contributed by atoms with Gasteiger partial charge in [0.25, 0.3) is 5.91 Å². The largest absolute Gasteiger partial charge is 0.573 e. The van der Waals surface area contributed by atoms with Gasteiger partial charge in [0.05, 0.1) is 6.42 Å². The minimum Gasteiger partial charge on any atom is -0.481 e. The van der Waals surface area contributed by atoms with Gasteiger partial charge in [0.15, 0.2) is 11.6 Å². The Morgan fingerprint density at radius 1 is 0.667 bits per heavy atom. The SMILES string of the molecule is O=C(O)CCNC(=O)c1ccc(C(=O)C(=CC(=O)c2ccc(OC(F)(F)F)cc2)c2ccc(OC(F)(F)F)cc2)cc1. The number of halogens is 6. The zero-order valence-electron chi connectivity index (χ0n) is 21.1. The molecule has 3 aromatic rings. The fraction of sp³-hybridized carbons (Fsp3) is 0.143. The molecule has 0 unspecified atom stereocenters. The summed E-state index contributed by atoms with van der Waals surface area (Å²) in [6, 6.07) is 12.9. The summed E-state index contributed by atoms with van der Waals surface area (Å²) in [5.74, 6) is -4.51. The monoisotopic (exact) mass is 595 g/mol. The molecule has 0 spiro atoms. The number of benzene rings is 3. The van der Waals surface area contributed by atoms with Crippen molar-refractivity contribution in [3.63, 3.8) is 0 Å². The molecule has 0 aliphatic rings. The average Bonchev–Trinajstić information content (AvgIpc) is 2.90. The first kappa shape index (κ1) is 31.4. The van der Waals surface area contributed by atoms with Crippen LogP contribution in [0.1, 0.15) is 43.1 Å². The highest BCUT2D eigenvalue weighted by molar-refractivity contribution is 6.32. The normalized spacial score (nSPS) is 11.9. The summed E-state index contributed by atoms with van der Waals surface area (Å²) in [6.07, 6.45) is -9.37. The Balaban J connectivity index is 1.92. The molecule has 3 rings (SSSR count). The quantitative estimate of drug-likeness (QED) is 0.163. The van der Waals surface area contributed by atoms with Crippen LogP contribution >= 0.6 is 0 Å². The van der Waals surface area contributed by atoms with E-state index in [1.807, 2.05) is 0 Å². The maximum Gasteiger partial charge on any atom is 0.573 e. The maximum atomic E-state index is 13.4. The van der Waals surface area contributed by atoms with Crippen molar-refractivity contribution in [1.82, 2.24) is 5.32 Å². The third kappa shape index (κ3) is 9.50. The van der Waals surface area contributed by atoms with Crippen LogP contribution in [0.25, 0.3) is 5.57 Å². The van der Waals surface area contributed by atoms with Crippen molar-refractivity contribution in [2.24, 2.45) is 0 Å². The number of carbonyl (C=O) groups is 4. The minimum atomic E-state index is -4.98. The first-order chi connectivity index (χ1) is 19.6. The van der Waals surface area contributed by atoms with E-state index in [4.69, 9.17) is 5.11 Å². The molecule has 0 fully saturated rings. The standard InChI is InChI=1S/C28H19F6NO7/c29-27(30,31)41-20-9-5-16(6-10-20)22(15-23(36)17-7-11-21(12-8-17)42-28(32,33)34)25(39)18-1-3-19(4-2-18)26(40)35-14-13-24(37)38/h1-12,15H,13-14H2,(H,35,40)(H,37,38). The molecule has 220 valence electrons. The number of ketones is 2. The number of alkyl halides is 6. The fourth-order valence-corrected chi connectivity index (χ4v) is 3.46. The molecule has 0 saturated heterocycles. The Morgan fingerprint density at radius 3 is 1.55 bits per heavy atom. The first-order valence-corrected chi connectivity index (χ1v) is 11.7. The Bertz CT molecular complexity index is 1480. The van der Waals surface area contributed by atoms with Crippen LogP contribution in [-0.2, 0) is 4.79 Å². The van der Waals surface area contributed by atoms with Gasteiger partial charge in [-0.15, -0.1) is 26.3 Å². The molecule has 8 nitrogen and oxygen atoms in total. The molecule has 42 heavy (non-hydrogen) atoms. The summed E-state index contributed by atoms with van der Waals surface area (Å²) in [5, 5.41) is 11.1. The van der Waals surface area contributed by atoms with Crippen LogP contribution in [0.5, 0.6) is 11.5 Å². The van der Waals surface area contributed by atoms with Crippen molar-refractivity contribution in [1.29, 1.82) is 0 Å². The van der Waals surface area contributed by atoms with Crippen LogP contribution in [0, 0.1) is 0 Å². The lowest BCUT2D eigenvalue weighted by molar-refractivity contribution is -0.275. The average molecular weight is 595 g/mol. The number of rotatable bonds is 11. The molecule has 2 N–H and O–H groups in total. The van der Waals surface area contributed by atoms with Gasteiger partial charge in [-0.2, -0.15) is 0 Å². The Hall–Kier alpha value is -5.14. The molecule has 0 aliphatic heterocycles. The number of amides is 1. The van der Waals surface area contributed by atoms with Gasteiger partial charge in [-0.1, -0.05) is 24.3 Å². The molecule has 1 amide bonds. The van der Waals surface area contributed by atoms with Gasteiger partial charge in [0, 0.05) is 28.8 Å². The third-order valence-corrected chi connectivity index (χ3v) is 5.33. The molecule has 0 saturated carbocycles. The molecular weight excluding hydrogens is 576 g/mol. The Labute approximate surface area is 233 Å². The number of nitrogens with one attached hydrogen (secondary N) is 1. The molecule has 0 radical (unpaired) electrons. The molecule has 0 atom stereocenters. The number of hydrogen-bond donors (Lipinski definition) is 2. The summed E-state index contributed by atoms with van der Waals surface area (Å²) in [6.45, 7) is -0.138. The number of carbonyl (C=O) groups excluding carboxylic acids is 3. The second-order valence-electron chi connectivity index (χ2n) is 8.37. The number of ether oxygens (including phenoxy) is 2. The van der Waals surface area contributed by atoms with Gasteiger partial charge in [0.1, 0.15) is 11.5 Å². The predicted octanol–water partition coefficient (Wildman–Crippen LogP) is 5.84. The van der Waals surface area contributed by atoms with Crippen molar-refractivity contribution in [3.8, 4) is 11.5 Å². The van der Waals surface area contributed by atoms with Crippen LogP contribution in [0.4, 0.5) is 26.3 Å². The molecule has 0 bridgehead atoms. The van der Waals surface area contributed by atoms with E-state index in [-0.39, 0.29) is 40.8 Å². The topological polar surface area (TPSA) is 119 Å². The summed E-state index contributed by atoms with van der Waals surface area (Å²) in [7, 11) is 0. The van der Waals surface area contributed by atoms with Gasteiger partial charge in [-0.25, -0.2) is 0 Å². The molecule has 14 heteroatoms. The van der Waals surface area contributed by atoms with E-state index in [9.17, 15) is 45.5 Å². The maximum absolute atomic E-state index is 13.4. The van der Waals surface area contributed by atoms with Crippen LogP contribution in [0.15, 0.2) is 78.9 Å². The van der Waals surface area contributed by atoms with Crippen LogP contribution in [-0.4, -0.2) is 47.8 Å². The highest BCUT2D eigenvalue weighted by Crippen LogP contribution is 2.28. The zero-order chi connectivity index (χ0) is 31.1. The lowest BCUT2D eigenvalue weighted by atomic mass is 9.94. The van der Waals surface area contributed by atoms with E-state index in [1.54, 1.807) is 0 Å². The Morgan fingerprint density at radius 2 is 1.10 bits per heavy atom. The van der Waals surface area contributed by atoms with Gasteiger partial charge in [-0.3, -0.25) is 19.2 Å². The molecular formula is C28H19F6NO7. The minimum absolute atomic E-state index is 0.00962. The number of allylic oxidation sites excluding steroid dienone is 2. The highest BCUT2D eigenvalue weighted by Gasteiger charge is 2.32. The number of carboxylic acid groups (broad SMARTS) is 1. The molecule has 0 aliphatic carbocycles. The molecule has 0 heterocycles. The van der Waals surface area contributed by atoms with Gasteiger partial charge < -0.3 is 19.9 Å². The molecule has 0 aromatic heterocycles. The summed E-state index contributed by atoms with van der Waals surface area (Å²) in [4.78, 5) is 49.2. The zero-order valence-corrected chi connectivity index (χ0v) is 21.1. The number of Topliss-reactive ketones (excluding diaryl/α,β-unsaturated/α-hetero) is 1.